The lowest BCUT2D eigenvalue weighted by Gasteiger charge is -2.18. The van der Waals surface area contributed by atoms with Gasteiger partial charge in [-0.2, -0.15) is 0 Å². The lowest BCUT2D eigenvalue weighted by molar-refractivity contribution is -0.137. The quantitative estimate of drug-likeness (QED) is 0.577. The molecule has 1 aromatic carbocycles. The number of benzene rings is 1. The maximum Gasteiger partial charge on any atom is 0.304 e. The van der Waals surface area contributed by atoms with E-state index in [4.69, 9.17) is 5.11 Å². The highest BCUT2D eigenvalue weighted by atomic mass is 16.4. The summed E-state index contributed by atoms with van der Waals surface area (Å²) in [6.45, 7) is 3.42. The molecule has 0 radical (unpaired) electrons. The predicted octanol–water partition coefficient (Wildman–Crippen LogP) is 3.64. The first kappa shape index (κ1) is 19.7. The van der Waals surface area contributed by atoms with Crippen LogP contribution in [0.2, 0.25) is 0 Å². The van der Waals surface area contributed by atoms with Crippen molar-refractivity contribution in [1.29, 1.82) is 0 Å². The van der Waals surface area contributed by atoms with Crippen LogP contribution in [0.1, 0.15) is 62.7 Å². The minimum Gasteiger partial charge on any atom is -0.481 e. The van der Waals surface area contributed by atoms with Crippen LogP contribution in [0.15, 0.2) is 24.3 Å². The smallest absolute Gasteiger partial charge is 0.304 e. The Morgan fingerprint density at radius 3 is 2.43 bits per heavy atom. The Labute approximate surface area is 140 Å². The Balaban J connectivity index is 2.32. The Morgan fingerprint density at radius 2 is 1.83 bits per heavy atom. The van der Waals surface area contributed by atoms with Gasteiger partial charge in [-0.05, 0) is 37.4 Å². The molecular formula is C19H31NO3. The molecule has 0 aliphatic heterocycles. The van der Waals surface area contributed by atoms with Crippen LogP contribution in [0.3, 0.4) is 0 Å². The van der Waals surface area contributed by atoms with Crippen LogP contribution in [0, 0.1) is 0 Å². The molecule has 0 amide bonds. The molecule has 0 fully saturated rings. The molecule has 0 aliphatic carbocycles. The van der Waals surface area contributed by atoms with E-state index in [0.29, 0.717) is 19.5 Å². The highest BCUT2D eigenvalue weighted by Gasteiger charge is 2.10. The van der Waals surface area contributed by atoms with Crippen LogP contribution >= 0.6 is 0 Å². The average molecular weight is 321 g/mol. The molecule has 0 spiro atoms. The predicted molar refractivity (Wildman–Crippen MR) is 93.6 cm³/mol. The van der Waals surface area contributed by atoms with Gasteiger partial charge in [-0.15, -0.1) is 0 Å². The zero-order chi connectivity index (χ0) is 17.1. The van der Waals surface area contributed by atoms with Gasteiger partial charge in [0.25, 0.3) is 0 Å². The molecule has 0 saturated carbocycles. The van der Waals surface area contributed by atoms with Crippen molar-refractivity contribution in [2.45, 2.75) is 58.0 Å². The van der Waals surface area contributed by atoms with Crippen molar-refractivity contribution in [2.24, 2.45) is 0 Å². The summed E-state index contributed by atoms with van der Waals surface area (Å²) in [4.78, 5) is 12.5. The van der Waals surface area contributed by atoms with E-state index in [1.165, 1.54) is 31.2 Å². The van der Waals surface area contributed by atoms with Crippen LogP contribution in [0.4, 0.5) is 0 Å². The summed E-state index contributed by atoms with van der Waals surface area (Å²) >= 11 is 0. The van der Waals surface area contributed by atoms with E-state index >= 15 is 0 Å². The molecule has 4 heteroatoms. The molecule has 1 unspecified atom stereocenters. The third kappa shape index (κ3) is 8.72. The van der Waals surface area contributed by atoms with Gasteiger partial charge in [-0.3, -0.25) is 4.79 Å². The SMILES string of the molecule is CCCCCCc1ccc(C(O)CCN(C)CCC(=O)O)cc1. The van der Waals surface area contributed by atoms with Crippen LogP contribution in [-0.4, -0.2) is 41.2 Å². The first-order valence-electron chi connectivity index (χ1n) is 8.70. The maximum atomic E-state index is 10.5. The molecule has 4 nitrogen and oxygen atoms in total. The number of hydrogen-bond acceptors (Lipinski definition) is 3. The van der Waals surface area contributed by atoms with Crippen molar-refractivity contribution in [1.82, 2.24) is 4.90 Å². The number of nitrogens with zero attached hydrogens (tertiary/aromatic N) is 1. The first-order chi connectivity index (χ1) is 11.0. The molecule has 0 saturated heterocycles. The number of hydrogen-bond donors (Lipinski definition) is 2. The van der Waals surface area contributed by atoms with Gasteiger partial charge < -0.3 is 15.1 Å². The minimum atomic E-state index is -0.785. The van der Waals surface area contributed by atoms with E-state index in [9.17, 15) is 9.90 Å². The Morgan fingerprint density at radius 1 is 1.13 bits per heavy atom. The number of carboxylic acid groups (broad SMARTS) is 1. The summed E-state index contributed by atoms with van der Waals surface area (Å²) in [6, 6.07) is 8.24. The maximum absolute atomic E-state index is 10.5. The summed E-state index contributed by atoms with van der Waals surface area (Å²) in [5.74, 6) is -0.785. The molecule has 0 aliphatic rings. The summed E-state index contributed by atoms with van der Waals surface area (Å²) in [6.07, 6.45) is 6.43. The van der Waals surface area contributed by atoms with E-state index in [2.05, 4.69) is 19.1 Å². The lowest BCUT2D eigenvalue weighted by Crippen LogP contribution is -2.24. The number of rotatable bonds is 12. The molecule has 1 atom stereocenters. The van der Waals surface area contributed by atoms with E-state index in [-0.39, 0.29) is 6.42 Å². The van der Waals surface area contributed by atoms with Gasteiger partial charge in [0.15, 0.2) is 0 Å². The second-order valence-electron chi connectivity index (χ2n) is 6.30. The van der Waals surface area contributed by atoms with Gasteiger partial charge in [-0.1, -0.05) is 50.5 Å². The molecule has 1 aromatic rings. The monoisotopic (exact) mass is 321 g/mol. The number of aryl methyl sites for hydroxylation is 1. The van der Waals surface area contributed by atoms with Crippen molar-refractivity contribution in [3.05, 3.63) is 35.4 Å². The van der Waals surface area contributed by atoms with E-state index in [0.717, 1.165) is 12.0 Å². The van der Waals surface area contributed by atoms with Gasteiger partial charge in [0, 0.05) is 13.1 Å². The Bertz CT molecular complexity index is 444. The molecular weight excluding hydrogens is 290 g/mol. The van der Waals surface area contributed by atoms with Crippen molar-refractivity contribution >= 4 is 5.97 Å². The molecule has 0 aromatic heterocycles. The highest BCUT2D eigenvalue weighted by Crippen LogP contribution is 2.18. The summed E-state index contributed by atoms with van der Waals surface area (Å²) in [5, 5.41) is 18.9. The van der Waals surface area contributed by atoms with Crippen molar-refractivity contribution < 1.29 is 15.0 Å². The van der Waals surface area contributed by atoms with Crippen LogP contribution in [0.25, 0.3) is 0 Å². The van der Waals surface area contributed by atoms with Crippen molar-refractivity contribution in [2.75, 3.05) is 20.1 Å². The molecule has 0 bridgehead atoms. The summed E-state index contributed by atoms with van der Waals surface area (Å²) in [5.41, 5.74) is 2.27. The average Bonchev–Trinajstić information content (AvgIpc) is 2.55. The second kappa shape index (κ2) is 11.2. The van der Waals surface area contributed by atoms with Gasteiger partial charge in [0.05, 0.1) is 12.5 Å². The molecule has 23 heavy (non-hydrogen) atoms. The fourth-order valence-electron chi connectivity index (χ4n) is 2.57. The topological polar surface area (TPSA) is 60.8 Å². The Kier molecular flexibility index (Phi) is 9.57. The van der Waals surface area contributed by atoms with Gasteiger partial charge in [0.1, 0.15) is 0 Å². The number of aliphatic hydroxyl groups is 1. The standard InChI is InChI=1S/C19H31NO3/c1-3-4-5-6-7-16-8-10-17(11-9-16)18(21)12-14-20(2)15-13-19(22)23/h8-11,18,21H,3-7,12-15H2,1-2H3,(H,22,23). The normalized spacial score (nSPS) is 12.5. The van der Waals surface area contributed by atoms with Crippen LogP contribution in [0.5, 0.6) is 0 Å². The molecule has 1 rings (SSSR count). The van der Waals surface area contributed by atoms with Gasteiger partial charge in [0.2, 0.25) is 0 Å². The largest absolute Gasteiger partial charge is 0.481 e. The van der Waals surface area contributed by atoms with Crippen molar-refractivity contribution in [3.8, 4) is 0 Å². The fourth-order valence-corrected chi connectivity index (χ4v) is 2.57. The summed E-state index contributed by atoms with van der Waals surface area (Å²) < 4.78 is 0. The zero-order valence-corrected chi connectivity index (χ0v) is 14.5. The third-order valence-corrected chi connectivity index (χ3v) is 4.18. The van der Waals surface area contributed by atoms with Crippen molar-refractivity contribution in [3.63, 3.8) is 0 Å². The minimum absolute atomic E-state index is 0.138. The first-order valence-corrected chi connectivity index (χ1v) is 8.70. The number of carboxylic acids is 1. The highest BCUT2D eigenvalue weighted by molar-refractivity contribution is 5.66. The Hall–Kier alpha value is -1.39. The molecule has 0 heterocycles. The third-order valence-electron chi connectivity index (χ3n) is 4.18. The number of aliphatic carboxylic acids is 1. The summed E-state index contributed by atoms with van der Waals surface area (Å²) in [7, 11) is 1.88. The lowest BCUT2D eigenvalue weighted by atomic mass is 10.0. The second-order valence-corrected chi connectivity index (χ2v) is 6.30. The van der Waals surface area contributed by atoms with E-state index < -0.39 is 12.1 Å². The van der Waals surface area contributed by atoms with E-state index in [1.807, 2.05) is 24.1 Å². The molecule has 2 N–H and O–H groups in total. The van der Waals surface area contributed by atoms with Crippen LogP contribution < -0.4 is 0 Å². The molecule has 130 valence electrons. The van der Waals surface area contributed by atoms with Gasteiger partial charge in [-0.25, -0.2) is 0 Å². The van der Waals surface area contributed by atoms with Gasteiger partial charge >= 0.3 is 5.97 Å². The van der Waals surface area contributed by atoms with E-state index in [1.54, 1.807) is 0 Å². The number of aliphatic hydroxyl groups excluding tert-OH is 1. The fraction of sp³-hybridized carbons (Fsp3) is 0.632. The zero-order valence-electron chi connectivity index (χ0n) is 14.5. The van der Waals surface area contributed by atoms with Crippen LogP contribution in [-0.2, 0) is 11.2 Å². The number of unbranched alkanes of at least 4 members (excludes halogenated alkanes) is 3. The number of carbonyl (C=O) groups is 1.